The van der Waals surface area contributed by atoms with Crippen molar-refractivity contribution in [3.05, 3.63) is 35.4 Å². The lowest BCUT2D eigenvalue weighted by Gasteiger charge is -2.35. The van der Waals surface area contributed by atoms with Crippen LogP contribution in [0.1, 0.15) is 68.3 Å². The van der Waals surface area contributed by atoms with Crippen molar-refractivity contribution in [1.82, 2.24) is 4.90 Å². The van der Waals surface area contributed by atoms with E-state index in [4.69, 9.17) is 0 Å². The minimum Gasteiger partial charge on any atom is -0.336 e. The normalized spacial score (nSPS) is 19.8. The number of nitrogens with zero attached hydrogens (tertiary/aromatic N) is 1. The van der Waals surface area contributed by atoms with Gasteiger partial charge in [0.25, 0.3) is 5.91 Å². The molecule has 1 fully saturated rings. The van der Waals surface area contributed by atoms with Gasteiger partial charge in [0.2, 0.25) is 0 Å². The highest BCUT2D eigenvalue weighted by molar-refractivity contribution is 5.94. The molecule has 19 heavy (non-hydrogen) atoms. The number of hydrogen-bond acceptors (Lipinski definition) is 1. The van der Waals surface area contributed by atoms with Gasteiger partial charge in [0.1, 0.15) is 0 Å². The zero-order chi connectivity index (χ0) is 13.8. The second-order valence-electron chi connectivity index (χ2n) is 5.83. The van der Waals surface area contributed by atoms with Gasteiger partial charge in [-0.1, -0.05) is 32.9 Å². The molecule has 0 N–H and O–H groups in total. The molecule has 104 valence electrons. The molecule has 0 saturated carbocycles. The van der Waals surface area contributed by atoms with Gasteiger partial charge in [-0.2, -0.15) is 0 Å². The molecule has 2 heteroatoms. The van der Waals surface area contributed by atoms with E-state index in [1.807, 2.05) is 12.1 Å². The number of carbonyl (C=O) groups excluding carboxylic acids is 1. The summed E-state index contributed by atoms with van der Waals surface area (Å²) in [6.07, 6.45) is 4.63. The van der Waals surface area contributed by atoms with Crippen LogP contribution in [-0.4, -0.2) is 23.4 Å². The van der Waals surface area contributed by atoms with E-state index in [0.29, 0.717) is 12.0 Å². The molecule has 1 aliphatic rings. The van der Waals surface area contributed by atoms with Crippen molar-refractivity contribution in [2.45, 2.75) is 58.4 Å². The molecular weight excluding hydrogens is 234 g/mol. The lowest BCUT2D eigenvalue weighted by molar-refractivity contribution is 0.0608. The van der Waals surface area contributed by atoms with Crippen LogP contribution in [-0.2, 0) is 0 Å². The van der Waals surface area contributed by atoms with Crippen LogP contribution in [0.15, 0.2) is 24.3 Å². The summed E-state index contributed by atoms with van der Waals surface area (Å²) in [5.74, 6) is 0.726. The molecule has 0 radical (unpaired) electrons. The van der Waals surface area contributed by atoms with Gasteiger partial charge in [0.15, 0.2) is 0 Å². The number of benzene rings is 1. The first kappa shape index (κ1) is 14.1. The van der Waals surface area contributed by atoms with Crippen molar-refractivity contribution in [3.8, 4) is 0 Å². The van der Waals surface area contributed by atoms with Gasteiger partial charge in [-0.15, -0.1) is 0 Å². The van der Waals surface area contributed by atoms with Gasteiger partial charge >= 0.3 is 0 Å². The quantitative estimate of drug-likeness (QED) is 0.796. The average Bonchev–Trinajstić information content (AvgIpc) is 2.46. The third-order valence-corrected chi connectivity index (χ3v) is 4.18. The van der Waals surface area contributed by atoms with Crippen LogP contribution >= 0.6 is 0 Å². The fourth-order valence-corrected chi connectivity index (χ4v) is 2.87. The molecule has 0 bridgehead atoms. The van der Waals surface area contributed by atoms with Crippen molar-refractivity contribution in [2.24, 2.45) is 0 Å². The molecule has 1 heterocycles. The Hall–Kier alpha value is -1.31. The van der Waals surface area contributed by atoms with Crippen LogP contribution in [0.3, 0.4) is 0 Å². The standard InChI is InChI=1S/C17H25NO/c1-4-16-7-5-6-12-18(16)17(19)15-10-8-14(9-11-15)13(2)3/h8-11,13,16H,4-7,12H2,1-3H3. The van der Waals surface area contributed by atoms with E-state index in [1.54, 1.807) is 0 Å². The minimum atomic E-state index is 0.210. The third-order valence-electron chi connectivity index (χ3n) is 4.18. The van der Waals surface area contributed by atoms with Gasteiger partial charge in [-0.05, 0) is 49.3 Å². The summed E-state index contributed by atoms with van der Waals surface area (Å²) in [6.45, 7) is 7.45. The Balaban J connectivity index is 2.13. The molecule has 1 saturated heterocycles. The Kier molecular flexibility index (Phi) is 4.62. The van der Waals surface area contributed by atoms with Gasteiger partial charge in [-0.3, -0.25) is 4.79 Å². The lowest BCUT2D eigenvalue weighted by Crippen LogP contribution is -2.43. The Morgan fingerprint density at radius 2 is 1.95 bits per heavy atom. The predicted molar refractivity (Wildman–Crippen MR) is 79.5 cm³/mol. The SMILES string of the molecule is CCC1CCCCN1C(=O)c1ccc(C(C)C)cc1. The molecule has 2 rings (SSSR count). The Morgan fingerprint density at radius 3 is 2.53 bits per heavy atom. The summed E-state index contributed by atoms with van der Waals surface area (Å²) in [5, 5.41) is 0. The maximum absolute atomic E-state index is 12.6. The summed E-state index contributed by atoms with van der Waals surface area (Å²) >= 11 is 0. The molecule has 0 aliphatic carbocycles. The van der Waals surface area contributed by atoms with Gasteiger partial charge in [-0.25, -0.2) is 0 Å². The number of carbonyl (C=O) groups is 1. The van der Waals surface area contributed by atoms with Crippen LogP contribution in [0, 0.1) is 0 Å². The van der Waals surface area contributed by atoms with Crippen LogP contribution in [0.5, 0.6) is 0 Å². The molecule has 0 spiro atoms. The van der Waals surface area contributed by atoms with Crippen LogP contribution in [0.4, 0.5) is 0 Å². The first-order valence-electron chi connectivity index (χ1n) is 7.54. The fourth-order valence-electron chi connectivity index (χ4n) is 2.87. The molecule has 2 nitrogen and oxygen atoms in total. The van der Waals surface area contributed by atoms with Crippen molar-refractivity contribution in [3.63, 3.8) is 0 Å². The molecule has 1 aromatic rings. The highest BCUT2D eigenvalue weighted by Crippen LogP contribution is 2.22. The zero-order valence-electron chi connectivity index (χ0n) is 12.4. The van der Waals surface area contributed by atoms with E-state index in [-0.39, 0.29) is 5.91 Å². The maximum atomic E-state index is 12.6. The van der Waals surface area contributed by atoms with Crippen molar-refractivity contribution >= 4 is 5.91 Å². The maximum Gasteiger partial charge on any atom is 0.254 e. The van der Waals surface area contributed by atoms with Gasteiger partial charge in [0, 0.05) is 18.2 Å². The summed E-state index contributed by atoms with van der Waals surface area (Å²) < 4.78 is 0. The molecule has 1 amide bonds. The van der Waals surface area contributed by atoms with Crippen LogP contribution in [0.2, 0.25) is 0 Å². The van der Waals surface area contributed by atoms with Crippen molar-refractivity contribution < 1.29 is 4.79 Å². The van der Waals surface area contributed by atoms with E-state index in [0.717, 1.165) is 31.4 Å². The van der Waals surface area contributed by atoms with E-state index in [1.165, 1.54) is 12.0 Å². The van der Waals surface area contributed by atoms with E-state index < -0.39 is 0 Å². The van der Waals surface area contributed by atoms with Crippen molar-refractivity contribution in [1.29, 1.82) is 0 Å². The molecular formula is C17H25NO. The number of amides is 1. The lowest BCUT2D eigenvalue weighted by atomic mass is 9.97. The third kappa shape index (κ3) is 3.17. The van der Waals surface area contributed by atoms with Gasteiger partial charge < -0.3 is 4.90 Å². The fraction of sp³-hybridized carbons (Fsp3) is 0.588. The summed E-state index contributed by atoms with van der Waals surface area (Å²) in [4.78, 5) is 14.7. The molecule has 1 aromatic carbocycles. The summed E-state index contributed by atoms with van der Waals surface area (Å²) in [7, 11) is 0. The monoisotopic (exact) mass is 259 g/mol. The summed E-state index contributed by atoms with van der Waals surface area (Å²) in [6, 6.07) is 8.58. The topological polar surface area (TPSA) is 20.3 Å². The number of hydrogen-bond donors (Lipinski definition) is 0. The van der Waals surface area contributed by atoms with E-state index in [2.05, 4.69) is 37.8 Å². The zero-order valence-corrected chi connectivity index (χ0v) is 12.4. The highest BCUT2D eigenvalue weighted by Gasteiger charge is 2.25. The molecule has 1 aliphatic heterocycles. The smallest absolute Gasteiger partial charge is 0.254 e. The highest BCUT2D eigenvalue weighted by atomic mass is 16.2. The first-order valence-corrected chi connectivity index (χ1v) is 7.54. The number of rotatable bonds is 3. The van der Waals surface area contributed by atoms with Crippen LogP contribution in [0.25, 0.3) is 0 Å². The predicted octanol–water partition coefficient (Wildman–Crippen LogP) is 4.21. The number of piperidine rings is 1. The average molecular weight is 259 g/mol. The van der Waals surface area contributed by atoms with Gasteiger partial charge in [0.05, 0.1) is 0 Å². The second-order valence-corrected chi connectivity index (χ2v) is 5.83. The Bertz CT molecular complexity index is 421. The largest absolute Gasteiger partial charge is 0.336 e. The van der Waals surface area contributed by atoms with Crippen LogP contribution < -0.4 is 0 Å². The minimum absolute atomic E-state index is 0.210. The molecule has 0 aromatic heterocycles. The number of likely N-dealkylation sites (tertiary alicyclic amines) is 1. The Labute approximate surface area is 116 Å². The Morgan fingerprint density at radius 1 is 1.26 bits per heavy atom. The van der Waals surface area contributed by atoms with E-state index in [9.17, 15) is 4.79 Å². The second kappa shape index (κ2) is 6.23. The molecule has 1 atom stereocenters. The summed E-state index contributed by atoms with van der Waals surface area (Å²) in [5.41, 5.74) is 2.13. The van der Waals surface area contributed by atoms with E-state index >= 15 is 0 Å². The first-order chi connectivity index (χ1) is 9.13. The van der Waals surface area contributed by atoms with Crippen molar-refractivity contribution in [2.75, 3.05) is 6.54 Å². The molecule has 1 unspecified atom stereocenters.